The number of carboxylic acids is 1. The molecule has 0 amide bonds. The Balaban J connectivity index is 2.03. The first kappa shape index (κ1) is 11.0. The molecule has 0 saturated heterocycles. The van der Waals surface area contributed by atoms with Crippen LogP contribution < -0.4 is 0 Å². The number of tetrazole rings is 1. The first-order chi connectivity index (χ1) is 7.66. The van der Waals surface area contributed by atoms with E-state index in [0.717, 1.165) is 25.7 Å². The molecule has 2 rings (SSSR count). The second-order valence-corrected chi connectivity index (χ2v) is 4.39. The average Bonchev–Trinajstić information content (AvgIpc) is 2.64. The number of nitrogens with zero attached hydrogens (tertiary/aromatic N) is 4. The van der Waals surface area contributed by atoms with E-state index in [4.69, 9.17) is 5.11 Å². The molecule has 1 aromatic heterocycles. The van der Waals surface area contributed by atoms with Crippen LogP contribution in [0.1, 0.15) is 31.5 Å². The van der Waals surface area contributed by atoms with Crippen LogP contribution in [0.15, 0.2) is 0 Å². The maximum absolute atomic E-state index is 11.1. The summed E-state index contributed by atoms with van der Waals surface area (Å²) in [4.78, 5) is 12.5. The number of aryl methyl sites for hydroxylation is 1. The molecule has 2 atom stereocenters. The molecular weight excluding hydrogens is 208 g/mol. The summed E-state index contributed by atoms with van der Waals surface area (Å²) in [5, 5.41) is 20.9. The fourth-order valence-corrected chi connectivity index (χ4v) is 2.42. The third kappa shape index (κ3) is 2.37. The third-order valence-electron chi connectivity index (χ3n) is 3.22. The van der Waals surface area contributed by atoms with Crippen LogP contribution in [0.3, 0.4) is 0 Å². The number of rotatable bonds is 3. The quantitative estimate of drug-likeness (QED) is 0.815. The summed E-state index contributed by atoms with van der Waals surface area (Å²) in [7, 11) is 1.71. The fraction of sp³-hybridized carbons (Fsp3) is 0.800. The topological polar surface area (TPSA) is 80.9 Å². The Morgan fingerprint density at radius 1 is 1.50 bits per heavy atom. The zero-order valence-electron chi connectivity index (χ0n) is 9.33. The fourth-order valence-electron chi connectivity index (χ4n) is 2.42. The van der Waals surface area contributed by atoms with Crippen LogP contribution in [-0.2, 0) is 18.3 Å². The Hall–Kier alpha value is -1.46. The Morgan fingerprint density at radius 2 is 2.25 bits per heavy atom. The van der Waals surface area contributed by atoms with Crippen molar-refractivity contribution in [2.45, 2.75) is 32.1 Å². The van der Waals surface area contributed by atoms with Gasteiger partial charge in [0.05, 0.1) is 13.0 Å². The molecule has 0 spiro atoms. The van der Waals surface area contributed by atoms with Crippen molar-refractivity contribution in [1.29, 1.82) is 0 Å². The maximum atomic E-state index is 11.1. The van der Waals surface area contributed by atoms with Gasteiger partial charge in [0.2, 0.25) is 0 Å². The third-order valence-corrected chi connectivity index (χ3v) is 3.22. The number of hydrogen-bond donors (Lipinski definition) is 1. The van der Waals surface area contributed by atoms with Gasteiger partial charge in [-0.1, -0.05) is 12.8 Å². The van der Waals surface area contributed by atoms with Gasteiger partial charge in [-0.15, -0.1) is 10.2 Å². The minimum Gasteiger partial charge on any atom is -0.481 e. The van der Waals surface area contributed by atoms with Crippen molar-refractivity contribution in [3.05, 3.63) is 5.82 Å². The van der Waals surface area contributed by atoms with Crippen molar-refractivity contribution < 1.29 is 9.90 Å². The minimum absolute atomic E-state index is 0.162. The first-order valence-corrected chi connectivity index (χ1v) is 5.62. The van der Waals surface area contributed by atoms with Crippen LogP contribution in [0.2, 0.25) is 0 Å². The van der Waals surface area contributed by atoms with Crippen molar-refractivity contribution in [2.75, 3.05) is 0 Å². The van der Waals surface area contributed by atoms with Crippen molar-refractivity contribution in [1.82, 2.24) is 20.2 Å². The predicted molar refractivity (Wildman–Crippen MR) is 55.6 cm³/mol. The molecule has 1 aromatic rings. The van der Waals surface area contributed by atoms with Gasteiger partial charge in [0.25, 0.3) is 0 Å². The molecule has 1 aliphatic rings. The van der Waals surface area contributed by atoms with Crippen molar-refractivity contribution >= 4 is 5.97 Å². The highest BCUT2D eigenvalue weighted by Crippen LogP contribution is 2.31. The molecule has 16 heavy (non-hydrogen) atoms. The van der Waals surface area contributed by atoms with E-state index in [1.807, 2.05) is 0 Å². The summed E-state index contributed by atoms with van der Waals surface area (Å²) in [6, 6.07) is 0. The number of aliphatic carboxylic acids is 1. The number of carboxylic acid groups (broad SMARTS) is 1. The van der Waals surface area contributed by atoms with Gasteiger partial charge in [-0.2, -0.15) is 4.80 Å². The molecule has 6 nitrogen and oxygen atoms in total. The number of aromatic nitrogens is 4. The molecule has 0 radical (unpaired) electrons. The van der Waals surface area contributed by atoms with Crippen LogP contribution >= 0.6 is 0 Å². The lowest BCUT2D eigenvalue weighted by Gasteiger charge is -2.27. The van der Waals surface area contributed by atoms with Gasteiger partial charge >= 0.3 is 5.97 Å². The Kier molecular flexibility index (Phi) is 3.17. The van der Waals surface area contributed by atoms with Crippen molar-refractivity contribution in [3.8, 4) is 0 Å². The summed E-state index contributed by atoms with van der Waals surface area (Å²) < 4.78 is 0. The molecule has 0 aromatic carbocycles. The van der Waals surface area contributed by atoms with E-state index in [1.54, 1.807) is 7.05 Å². The van der Waals surface area contributed by atoms with E-state index in [-0.39, 0.29) is 11.8 Å². The highest BCUT2D eigenvalue weighted by atomic mass is 16.4. The maximum Gasteiger partial charge on any atom is 0.306 e. The van der Waals surface area contributed by atoms with Crippen LogP contribution in [0.4, 0.5) is 0 Å². The van der Waals surface area contributed by atoms with E-state index in [0.29, 0.717) is 12.2 Å². The highest BCUT2D eigenvalue weighted by molar-refractivity contribution is 5.70. The lowest BCUT2D eigenvalue weighted by molar-refractivity contribution is -0.144. The zero-order chi connectivity index (χ0) is 11.5. The predicted octanol–water partition coefficient (Wildman–Crippen LogP) is 0.644. The number of hydrogen-bond acceptors (Lipinski definition) is 4. The molecule has 1 saturated carbocycles. The van der Waals surface area contributed by atoms with Crippen molar-refractivity contribution in [3.63, 3.8) is 0 Å². The molecule has 1 aliphatic carbocycles. The van der Waals surface area contributed by atoms with Gasteiger partial charge in [0.15, 0.2) is 5.82 Å². The summed E-state index contributed by atoms with van der Waals surface area (Å²) in [6.07, 6.45) is 4.48. The van der Waals surface area contributed by atoms with E-state index < -0.39 is 5.97 Å². The normalized spacial score (nSPS) is 25.6. The minimum atomic E-state index is -0.686. The highest BCUT2D eigenvalue weighted by Gasteiger charge is 2.31. The second-order valence-electron chi connectivity index (χ2n) is 4.39. The van der Waals surface area contributed by atoms with Gasteiger partial charge in [0, 0.05) is 6.42 Å². The molecule has 0 aliphatic heterocycles. The monoisotopic (exact) mass is 224 g/mol. The van der Waals surface area contributed by atoms with Crippen LogP contribution in [0.25, 0.3) is 0 Å². The average molecular weight is 224 g/mol. The van der Waals surface area contributed by atoms with Crippen molar-refractivity contribution in [2.24, 2.45) is 18.9 Å². The van der Waals surface area contributed by atoms with Crippen LogP contribution in [-0.4, -0.2) is 31.3 Å². The summed E-state index contributed by atoms with van der Waals surface area (Å²) in [6.45, 7) is 0. The van der Waals surface area contributed by atoms with Gasteiger partial charge in [-0.25, -0.2) is 0 Å². The Labute approximate surface area is 93.6 Å². The van der Waals surface area contributed by atoms with Gasteiger partial charge in [0.1, 0.15) is 0 Å². The van der Waals surface area contributed by atoms with E-state index in [9.17, 15) is 4.79 Å². The largest absolute Gasteiger partial charge is 0.481 e. The van der Waals surface area contributed by atoms with E-state index >= 15 is 0 Å². The van der Waals surface area contributed by atoms with Gasteiger partial charge in [-0.3, -0.25) is 4.79 Å². The Bertz CT molecular complexity index is 377. The van der Waals surface area contributed by atoms with Gasteiger partial charge in [-0.05, 0) is 24.0 Å². The van der Waals surface area contributed by atoms with Crippen LogP contribution in [0.5, 0.6) is 0 Å². The summed E-state index contributed by atoms with van der Waals surface area (Å²) in [5.74, 6) is -0.109. The smallest absolute Gasteiger partial charge is 0.306 e. The Morgan fingerprint density at radius 3 is 2.88 bits per heavy atom. The summed E-state index contributed by atoms with van der Waals surface area (Å²) in [5.41, 5.74) is 0. The second kappa shape index (κ2) is 4.59. The molecule has 1 fully saturated rings. The SMILES string of the molecule is Cn1nnc(CC2CCCCC2C(=O)O)n1. The standard InChI is InChI=1S/C10H16N4O2/c1-14-12-9(11-13-14)6-7-4-2-3-5-8(7)10(15)16/h7-8H,2-6H2,1H3,(H,15,16). The molecule has 1 N–H and O–H groups in total. The summed E-state index contributed by atoms with van der Waals surface area (Å²) >= 11 is 0. The van der Waals surface area contributed by atoms with Crippen LogP contribution in [0, 0.1) is 11.8 Å². The molecule has 0 bridgehead atoms. The lowest BCUT2D eigenvalue weighted by atomic mass is 9.77. The molecule has 2 unspecified atom stereocenters. The molecule has 6 heteroatoms. The zero-order valence-corrected chi connectivity index (χ0v) is 9.33. The van der Waals surface area contributed by atoms with E-state index in [1.165, 1.54) is 4.80 Å². The lowest BCUT2D eigenvalue weighted by Crippen LogP contribution is -2.28. The van der Waals surface area contributed by atoms with E-state index in [2.05, 4.69) is 15.4 Å². The van der Waals surface area contributed by atoms with Gasteiger partial charge < -0.3 is 5.11 Å². The molecule has 88 valence electrons. The molecular formula is C10H16N4O2. The molecule has 1 heterocycles. The number of carbonyl (C=O) groups is 1. The first-order valence-electron chi connectivity index (χ1n) is 5.62.